The number of aromatic hydroxyl groups is 1. The summed E-state index contributed by atoms with van der Waals surface area (Å²) in [5.41, 5.74) is 7.48. The number of phenols is 1. The van der Waals surface area contributed by atoms with Crippen molar-refractivity contribution < 1.29 is 14.6 Å². The minimum Gasteiger partial charge on any atom is -0.504 e. The number of methoxy groups -OCH3 is 1. The predicted octanol–water partition coefficient (Wildman–Crippen LogP) is 3.72. The molecule has 1 amide bonds. The van der Waals surface area contributed by atoms with Crippen molar-refractivity contribution in [3.63, 3.8) is 0 Å². The highest BCUT2D eigenvalue weighted by Gasteiger charge is 2.16. The van der Waals surface area contributed by atoms with Crippen LogP contribution in [0, 0.1) is 0 Å². The molecule has 3 aromatic carbocycles. The molecule has 4 rings (SSSR count). The van der Waals surface area contributed by atoms with Crippen LogP contribution in [0.4, 0.5) is 0 Å². The number of hydrazone groups is 1. The van der Waals surface area contributed by atoms with Gasteiger partial charge in [-0.1, -0.05) is 42.5 Å². The van der Waals surface area contributed by atoms with Gasteiger partial charge in [-0.2, -0.15) is 5.10 Å². The molecule has 0 saturated heterocycles. The lowest BCUT2D eigenvalue weighted by Crippen LogP contribution is -2.30. The lowest BCUT2D eigenvalue weighted by molar-refractivity contribution is 0.0955. The Morgan fingerprint density at radius 3 is 2.65 bits per heavy atom. The first kappa shape index (κ1) is 20.6. The number of rotatable bonds is 6. The maximum Gasteiger partial charge on any atom is 0.271 e. The molecule has 6 nitrogen and oxygen atoms in total. The Kier molecular flexibility index (Phi) is 6.29. The van der Waals surface area contributed by atoms with Crippen molar-refractivity contribution in [2.75, 3.05) is 13.7 Å². The van der Waals surface area contributed by atoms with E-state index in [0.717, 1.165) is 26.1 Å². The molecule has 0 bridgehead atoms. The van der Waals surface area contributed by atoms with Gasteiger partial charge in [-0.3, -0.25) is 9.69 Å². The Hall–Kier alpha value is -3.64. The van der Waals surface area contributed by atoms with Gasteiger partial charge in [-0.25, -0.2) is 5.43 Å². The van der Waals surface area contributed by atoms with E-state index in [4.69, 9.17) is 4.74 Å². The largest absolute Gasteiger partial charge is 0.504 e. The molecule has 1 heterocycles. The Morgan fingerprint density at radius 2 is 1.87 bits per heavy atom. The number of hydrogen-bond acceptors (Lipinski definition) is 5. The lowest BCUT2D eigenvalue weighted by atomic mass is 9.99. The zero-order valence-corrected chi connectivity index (χ0v) is 17.4. The highest BCUT2D eigenvalue weighted by atomic mass is 16.5. The molecule has 1 aliphatic heterocycles. The molecule has 0 fully saturated rings. The van der Waals surface area contributed by atoms with Gasteiger partial charge >= 0.3 is 0 Å². The summed E-state index contributed by atoms with van der Waals surface area (Å²) in [7, 11) is 1.48. The number of benzene rings is 3. The number of fused-ring (bicyclic) bond motifs is 1. The second kappa shape index (κ2) is 9.45. The zero-order valence-electron chi connectivity index (χ0n) is 17.4. The molecule has 31 heavy (non-hydrogen) atoms. The second-order valence-electron chi connectivity index (χ2n) is 7.52. The molecule has 1 aliphatic rings. The Bertz CT molecular complexity index is 1090. The van der Waals surface area contributed by atoms with E-state index in [1.807, 2.05) is 12.1 Å². The average Bonchev–Trinajstić information content (AvgIpc) is 2.80. The molecule has 0 aliphatic carbocycles. The van der Waals surface area contributed by atoms with Crippen LogP contribution in [-0.4, -0.2) is 35.8 Å². The molecule has 158 valence electrons. The Labute approximate surface area is 181 Å². The molecule has 0 unspecified atom stereocenters. The molecular weight excluding hydrogens is 390 g/mol. The maximum atomic E-state index is 12.4. The molecular formula is C25H25N3O3. The monoisotopic (exact) mass is 415 g/mol. The third-order valence-corrected chi connectivity index (χ3v) is 5.45. The number of amides is 1. The third kappa shape index (κ3) is 4.92. The molecule has 0 saturated carbocycles. The first-order valence-corrected chi connectivity index (χ1v) is 10.2. The fourth-order valence-electron chi connectivity index (χ4n) is 3.74. The van der Waals surface area contributed by atoms with Gasteiger partial charge in [-0.05, 0) is 47.4 Å². The summed E-state index contributed by atoms with van der Waals surface area (Å²) in [5.74, 6) is 0.0211. The predicted molar refractivity (Wildman–Crippen MR) is 120 cm³/mol. The van der Waals surface area contributed by atoms with E-state index in [1.54, 1.807) is 30.3 Å². The lowest BCUT2D eigenvalue weighted by Gasteiger charge is -2.28. The summed E-state index contributed by atoms with van der Waals surface area (Å²) in [6, 6.07) is 21.2. The van der Waals surface area contributed by atoms with E-state index in [-0.39, 0.29) is 11.7 Å². The van der Waals surface area contributed by atoms with Crippen molar-refractivity contribution in [1.29, 1.82) is 0 Å². The molecule has 0 aromatic heterocycles. The van der Waals surface area contributed by atoms with Gasteiger partial charge in [0.05, 0.1) is 13.3 Å². The fraction of sp³-hybridized carbons (Fsp3) is 0.200. The van der Waals surface area contributed by atoms with E-state index in [9.17, 15) is 9.90 Å². The number of para-hydroxylation sites is 1. The van der Waals surface area contributed by atoms with Crippen LogP contribution in [-0.2, 0) is 19.5 Å². The van der Waals surface area contributed by atoms with E-state index >= 15 is 0 Å². The Balaban J connectivity index is 1.33. The maximum absolute atomic E-state index is 12.4. The van der Waals surface area contributed by atoms with E-state index in [1.165, 1.54) is 30.0 Å². The van der Waals surface area contributed by atoms with Crippen LogP contribution in [0.15, 0.2) is 71.8 Å². The van der Waals surface area contributed by atoms with Gasteiger partial charge in [0.15, 0.2) is 11.5 Å². The summed E-state index contributed by atoms with van der Waals surface area (Å²) in [6.45, 7) is 2.83. The highest BCUT2D eigenvalue weighted by Crippen LogP contribution is 2.28. The van der Waals surface area contributed by atoms with Crippen molar-refractivity contribution in [2.45, 2.75) is 19.5 Å². The van der Waals surface area contributed by atoms with Crippen molar-refractivity contribution in [1.82, 2.24) is 10.3 Å². The minimum atomic E-state index is -0.308. The summed E-state index contributed by atoms with van der Waals surface area (Å²) in [4.78, 5) is 14.8. The van der Waals surface area contributed by atoms with Gasteiger partial charge < -0.3 is 9.84 Å². The van der Waals surface area contributed by atoms with Crippen LogP contribution >= 0.6 is 0 Å². The zero-order chi connectivity index (χ0) is 21.6. The molecule has 0 atom stereocenters. The molecule has 2 N–H and O–H groups in total. The van der Waals surface area contributed by atoms with Crippen molar-refractivity contribution >= 4 is 12.1 Å². The van der Waals surface area contributed by atoms with Crippen LogP contribution in [0.2, 0.25) is 0 Å². The van der Waals surface area contributed by atoms with Crippen molar-refractivity contribution in [3.05, 3.63) is 94.5 Å². The summed E-state index contributed by atoms with van der Waals surface area (Å²) in [6.07, 6.45) is 2.45. The van der Waals surface area contributed by atoms with Gasteiger partial charge in [0.25, 0.3) is 5.91 Å². The fourth-order valence-corrected chi connectivity index (χ4v) is 3.74. The highest BCUT2D eigenvalue weighted by molar-refractivity contribution is 5.95. The summed E-state index contributed by atoms with van der Waals surface area (Å²) in [5, 5.41) is 14.0. The van der Waals surface area contributed by atoms with Gasteiger partial charge in [-0.15, -0.1) is 0 Å². The van der Waals surface area contributed by atoms with Crippen LogP contribution in [0.3, 0.4) is 0 Å². The first-order valence-electron chi connectivity index (χ1n) is 10.2. The third-order valence-electron chi connectivity index (χ3n) is 5.45. The Morgan fingerprint density at radius 1 is 1.10 bits per heavy atom. The number of phenolic OH excluding ortho intramolecular Hbond substituents is 1. The van der Waals surface area contributed by atoms with E-state index in [2.05, 4.69) is 39.7 Å². The minimum absolute atomic E-state index is 0.0207. The second-order valence-corrected chi connectivity index (χ2v) is 7.52. The summed E-state index contributed by atoms with van der Waals surface area (Å²) >= 11 is 0. The number of carbonyl (C=O) groups is 1. The van der Waals surface area contributed by atoms with Crippen LogP contribution in [0.5, 0.6) is 11.5 Å². The van der Waals surface area contributed by atoms with E-state index in [0.29, 0.717) is 16.9 Å². The number of nitrogens with one attached hydrogen (secondary N) is 1. The van der Waals surface area contributed by atoms with Gasteiger partial charge in [0, 0.05) is 30.8 Å². The molecule has 3 aromatic rings. The van der Waals surface area contributed by atoms with Crippen molar-refractivity contribution in [2.24, 2.45) is 5.10 Å². The number of hydrogen-bond donors (Lipinski definition) is 2. The molecule has 0 radical (unpaired) electrons. The SMILES string of the molecule is COc1cccc(/C=N\NC(=O)c2ccc(CN3CCc4ccccc4C3)cc2)c1O. The topological polar surface area (TPSA) is 74.2 Å². The van der Waals surface area contributed by atoms with E-state index < -0.39 is 0 Å². The first-order chi connectivity index (χ1) is 15.1. The quantitative estimate of drug-likeness (QED) is 0.475. The molecule has 6 heteroatoms. The van der Waals surface area contributed by atoms with Crippen molar-refractivity contribution in [3.8, 4) is 11.5 Å². The average molecular weight is 415 g/mol. The number of nitrogens with zero attached hydrogens (tertiary/aromatic N) is 2. The standard InChI is InChI=1S/C25H25N3O3/c1-31-23-8-4-7-21(24(23)29)15-26-27-25(30)20-11-9-18(10-12-20)16-28-14-13-19-5-2-3-6-22(19)17-28/h2-12,15,29H,13-14,16-17H2,1H3,(H,27,30)/b26-15-. The normalized spacial score (nSPS) is 13.7. The van der Waals surface area contributed by atoms with Gasteiger partial charge in [0.1, 0.15) is 0 Å². The summed E-state index contributed by atoms with van der Waals surface area (Å²) < 4.78 is 5.06. The molecule has 0 spiro atoms. The van der Waals surface area contributed by atoms with Crippen LogP contribution < -0.4 is 10.2 Å². The number of ether oxygens (including phenoxy) is 1. The smallest absolute Gasteiger partial charge is 0.271 e. The van der Waals surface area contributed by atoms with Gasteiger partial charge in [0.2, 0.25) is 0 Å². The van der Waals surface area contributed by atoms with Crippen LogP contribution in [0.1, 0.15) is 32.6 Å². The van der Waals surface area contributed by atoms with Crippen LogP contribution in [0.25, 0.3) is 0 Å². The number of carbonyl (C=O) groups excluding carboxylic acids is 1.